The Morgan fingerprint density at radius 1 is 1.06 bits per heavy atom. The second-order valence-electron chi connectivity index (χ2n) is 4.96. The van der Waals surface area contributed by atoms with Gasteiger partial charge in [0.1, 0.15) is 0 Å². The van der Waals surface area contributed by atoms with Crippen molar-refractivity contribution >= 4 is 0 Å². The SMILES string of the molecule is CC1=CCC(Cc2ccc(C)cc2)C(C)=C1. The Hall–Kier alpha value is -1.30. The molecule has 1 aliphatic carbocycles. The van der Waals surface area contributed by atoms with Crippen LogP contribution in [0.4, 0.5) is 0 Å². The van der Waals surface area contributed by atoms with E-state index >= 15 is 0 Å². The first-order valence-electron chi connectivity index (χ1n) is 6.05. The van der Waals surface area contributed by atoms with Crippen LogP contribution in [0.25, 0.3) is 0 Å². The minimum atomic E-state index is 0.700. The zero-order valence-corrected chi connectivity index (χ0v) is 10.5. The molecule has 0 fully saturated rings. The van der Waals surface area contributed by atoms with Crippen LogP contribution in [-0.4, -0.2) is 0 Å². The minimum absolute atomic E-state index is 0.700. The molecule has 0 amide bonds. The Morgan fingerprint density at radius 2 is 1.75 bits per heavy atom. The van der Waals surface area contributed by atoms with E-state index in [9.17, 15) is 0 Å². The second-order valence-corrected chi connectivity index (χ2v) is 4.96. The highest BCUT2D eigenvalue weighted by Gasteiger charge is 2.13. The van der Waals surface area contributed by atoms with Crippen molar-refractivity contribution in [2.75, 3.05) is 0 Å². The van der Waals surface area contributed by atoms with Gasteiger partial charge in [-0.3, -0.25) is 0 Å². The molecule has 84 valence electrons. The van der Waals surface area contributed by atoms with Crippen molar-refractivity contribution in [1.82, 2.24) is 0 Å². The summed E-state index contributed by atoms with van der Waals surface area (Å²) in [5.74, 6) is 0.700. The number of aryl methyl sites for hydroxylation is 1. The average molecular weight is 212 g/mol. The molecule has 0 N–H and O–H groups in total. The van der Waals surface area contributed by atoms with E-state index in [0.29, 0.717) is 5.92 Å². The lowest BCUT2D eigenvalue weighted by Crippen LogP contribution is -2.08. The summed E-state index contributed by atoms with van der Waals surface area (Å²) in [6, 6.07) is 8.93. The van der Waals surface area contributed by atoms with Gasteiger partial charge in [-0.05, 0) is 45.1 Å². The van der Waals surface area contributed by atoms with Crippen LogP contribution in [0.1, 0.15) is 31.4 Å². The number of rotatable bonds is 2. The lowest BCUT2D eigenvalue weighted by atomic mass is 9.85. The Kier molecular flexibility index (Phi) is 3.28. The van der Waals surface area contributed by atoms with E-state index in [0.717, 1.165) is 0 Å². The molecule has 0 heterocycles. The average Bonchev–Trinajstić information content (AvgIpc) is 2.25. The predicted molar refractivity (Wildman–Crippen MR) is 70.5 cm³/mol. The van der Waals surface area contributed by atoms with Crippen LogP contribution in [0.15, 0.2) is 47.6 Å². The van der Waals surface area contributed by atoms with Crippen molar-refractivity contribution in [3.63, 3.8) is 0 Å². The van der Waals surface area contributed by atoms with Gasteiger partial charge < -0.3 is 0 Å². The van der Waals surface area contributed by atoms with Gasteiger partial charge in [0.15, 0.2) is 0 Å². The molecule has 0 aromatic heterocycles. The third-order valence-electron chi connectivity index (χ3n) is 3.43. The van der Waals surface area contributed by atoms with E-state index in [1.807, 2.05) is 0 Å². The van der Waals surface area contributed by atoms with Crippen LogP contribution in [-0.2, 0) is 6.42 Å². The summed E-state index contributed by atoms with van der Waals surface area (Å²) in [5.41, 5.74) is 5.74. The fraction of sp³-hybridized carbons (Fsp3) is 0.375. The topological polar surface area (TPSA) is 0 Å². The molecule has 0 saturated carbocycles. The van der Waals surface area contributed by atoms with Gasteiger partial charge in [0.2, 0.25) is 0 Å². The number of hydrogen-bond acceptors (Lipinski definition) is 0. The first-order valence-corrected chi connectivity index (χ1v) is 6.05. The van der Waals surface area contributed by atoms with E-state index in [2.05, 4.69) is 57.2 Å². The Labute approximate surface area is 98.7 Å². The fourth-order valence-corrected chi connectivity index (χ4v) is 2.30. The van der Waals surface area contributed by atoms with Crippen LogP contribution in [0.5, 0.6) is 0 Å². The maximum absolute atomic E-state index is 2.35. The van der Waals surface area contributed by atoms with Gasteiger partial charge in [-0.15, -0.1) is 0 Å². The van der Waals surface area contributed by atoms with E-state index in [-0.39, 0.29) is 0 Å². The van der Waals surface area contributed by atoms with Gasteiger partial charge in [0, 0.05) is 0 Å². The van der Waals surface area contributed by atoms with E-state index in [1.54, 1.807) is 0 Å². The number of benzene rings is 1. The summed E-state index contributed by atoms with van der Waals surface area (Å²) in [6.45, 7) is 6.59. The molecule has 0 spiro atoms. The summed E-state index contributed by atoms with van der Waals surface area (Å²) in [7, 11) is 0. The molecule has 0 nitrogen and oxygen atoms in total. The zero-order valence-electron chi connectivity index (χ0n) is 10.5. The lowest BCUT2D eigenvalue weighted by molar-refractivity contribution is 0.609. The van der Waals surface area contributed by atoms with Gasteiger partial charge in [-0.2, -0.15) is 0 Å². The molecule has 1 aromatic rings. The van der Waals surface area contributed by atoms with Gasteiger partial charge in [-0.25, -0.2) is 0 Å². The van der Waals surface area contributed by atoms with Crippen molar-refractivity contribution in [3.05, 3.63) is 58.7 Å². The van der Waals surface area contributed by atoms with Crippen molar-refractivity contribution < 1.29 is 0 Å². The Morgan fingerprint density at radius 3 is 2.38 bits per heavy atom. The van der Waals surface area contributed by atoms with Crippen molar-refractivity contribution in [3.8, 4) is 0 Å². The van der Waals surface area contributed by atoms with Crippen LogP contribution in [0, 0.1) is 12.8 Å². The van der Waals surface area contributed by atoms with Crippen LogP contribution >= 0.6 is 0 Å². The van der Waals surface area contributed by atoms with Crippen molar-refractivity contribution in [2.45, 2.75) is 33.6 Å². The molecule has 0 radical (unpaired) electrons. The highest BCUT2D eigenvalue weighted by molar-refractivity contribution is 5.29. The van der Waals surface area contributed by atoms with Gasteiger partial charge in [0.25, 0.3) is 0 Å². The monoisotopic (exact) mass is 212 g/mol. The molecule has 0 bridgehead atoms. The van der Waals surface area contributed by atoms with E-state index in [1.165, 1.54) is 35.1 Å². The van der Waals surface area contributed by atoms with Gasteiger partial charge in [-0.1, -0.05) is 53.1 Å². The number of hydrogen-bond donors (Lipinski definition) is 0. The van der Waals surface area contributed by atoms with Crippen LogP contribution < -0.4 is 0 Å². The summed E-state index contributed by atoms with van der Waals surface area (Å²) in [5, 5.41) is 0. The first kappa shape index (κ1) is 11.2. The van der Waals surface area contributed by atoms with Crippen molar-refractivity contribution in [2.24, 2.45) is 5.92 Å². The van der Waals surface area contributed by atoms with Crippen LogP contribution in [0.2, 0.25) is 0 Å². The summed E-state index contributed by atoms with van der Waals surface area (Å²) >= 11 is 0. The molecule has 16 heavy (non-hydrogen) atoms. The van der Waals surface area contributed by atoms with Gasteiger partial charge in [0.05, 0.1) is 0 Å². The Bertz CT molecular complexity index is 418. The zero-order chi connectivity index (χ0) is 11.5. The highest BCUT2D eigenvalue weighted by Crippen LogP contribution is 2.26. The molecular formula is C16H20. The lowest BCUT2D eigenvalue weighted by Gasteiger charge is -2.20. The van der Waals surface area contributed by atoms with Crippen LogP contribution in [0.3, 0.4) is 0 Å². The molecule has 1 unspecified atom stereocenters. The first-order chi connectivity index (χ1) is 7.65. The fourth-order valence-electron chi connectivity index (χ4n) is 2.30. The normalized spacial score (nSPS) is 20.3. The standard InChI is InChI=1S/C16H20/c1-12-4-7-15(8-5-12)11-16-9-6-13(2)10-14(16)3/h4-8,10,16H,9,11H2,1-3H3. The quantitative estimate of drug-likeness (QED) is 0.679. The summed E-state index contributed by atoms with van der Waals surface area (Å²) in [6.07, 6.45) is 7.04. The molecule has 2 rings (SSSR count). The maximum Gasteiger partial charge on any atom is -0.0128 e. The Balaban J connectivity index is 2.06. The second kappa shape index (κ2) is 4.69. The molecule has 0 saturated heterocycles. The molecule has 1 atom stereocenters. The van der Waals surface area contributed by atoms with Gasteiger partial charge >= 0.3 is 0 Å². The van der Waals surface area contributed by atoms with Crippen molar-refractivity contribution in [1.29, 1.82) is 0 Å². The predicted octanol–water partition coefficient (Wildman–Crippen LogP) is 4.45. The largest absolute Gasteiger partial charge is 0.0810 e. The minimum Gasteiger partial charge on any atom is -0.0810 e. The summed E-state index contributed by atoms with van der Waals surface area (Å²) in [4.78, 5) is 0. The van der Waals surface area contributed by atoms with E-state index in [4.69, 9.17) is 0 Å². The summed E-state index contributed by atoms with van der Waals surface area (Å²) < 4.78 is 0. The maximum atomic E-state index is 2.35. The third-order valence-corrected chi connectivity index (χ3v) is 3.43. The van der Waals surface area contributed by atoms with E-state index < -0.39 is 0 Å². The highest BCUT2D eigenvalue weighted by atomic mass is 14.2. The third kappa shape index (κ3) is 2.63. The molecular weight excluding hydrogens is 192 g/mol. The molecule has 0 heteroatoms. The molecule has 1 aromatic carbocycles. The smallest absolute Gasteiger partial charge is 0.0128 e. The molecule has 1 aliphatic rings. The molecule has 0 aliphatic heterocycles. The number of allylic oxidation sites excluding steroid dienone is 4.